The number of fused-ring (bicyclic) bond motifs is 1. The number of anilines is 1. The lowest BCUT2D eigenvalue weighted by molar-refractivity contribution is 0.357. The second-order valence-electron chi connectivity index (χ2n) is 10.9. The van der Waals surface area contributed by atoms with Crippen molar-refractivity contribution in [2.45, 2.75) is 51.9 Å². The Hall–Kier alpha value is -4.45. The predicted octanol–water partition coefficient (Wildman–Crippen LogP) is 6.88. The molecule has 0 atom stereocenters. The van der Waals surface area contributed by atoms with Crippen molar-refractivity contribution >= 4 is 40.0 Å². The van der Waals surface area contributed by atoms with Crippen molar-refractivity contribution < 1.29 is 0 Å². The first-order valence-electron chi connectivity index (χ1n) is 14.3. The number of rotatable bonds is 8. The third-order valence-electron chi connectivity index (χ3n) is 8.00. The van der Waals surface area contributed by atoms with E-state index in [0.717, 1.165) is 74.3 Å². The Morgan fingerprint density at radius 3 is 2.83 bits per heavy atom. The Morgan fingerprint density at radius 1 is 1.15 bits per heavy atom. The molecule has 2 aliphatic carbocycles. The van der Waals surface area contributed by atoms with E-state index in [-0.39, 0.29) is 0 Å². The fourth-order valence-corrected chi connectivity index (χ4v) is 5.94. The van der Waals surface area contributed by atoms with Crippen LogP contribution in [0.4, 0.5) is 5.69 Å². The third-order valence-corrected chi connectivity index (χ3v) is 8.00. The first kappa shape index (κ1) is 25.8. The minimum absolute atomic E-state index is 0.735. The number of nitrogens with one attached hydrogen (secondary N) is 3. The molecule has 0 bridgehead atoms. The Bertz CT molecular complexity index is 1760. The van der Waals surface area contributed by atoms with Crippen LogP contribution >= 0.6 is 0 Å². The van der Waals surface area contributed by atoms with Gasteiger partial charge in [0, 0.05) is 34.3 Å². The van der Waals surface area contributed by atoms with E-state index in [1.165, 1.54) is 43.2 Å². The van der Waals surface area contributed by atoms with Gasteiger partial charge in [-0.05, 0) is 66.7 Å². The summed E-state index contributed by atoms with van der Waals surface area (Å²) in [7, 11) is 0. The minimum Gasteiger partial charge on any atom is -0.358 e. The maximum Gasteiger partial charge on any atom is 0.138 e. The maximum absolute atomic E-state index is 4.68. The number of hydrogen-bond acceptors (Lipinski definition) is 4. The normalized spacial score (nSPS) is 16.6. The van der Waals surface area contributed by atoms with Gasteiger partial charge in [0.25, 0.3) is 0 Å². The summed E-state index contributed by atoms with van der Waals surface area (Å²) in [5.41, 5.74) is 8.79. The lowest BCUT2D eigenvalue weighted by Crippen LogP contribution is -2.23. The summed E-state index contributed by atoms with van der Waals surface area (Å²) in [4.78, 5) is 12.6. The first-order valence-corrected chi connectivity index (χ1v) is 14.3. The van der Waals surface area contributed by atoms with Gasteiger partial charge in [0.1, 0.15) is 11.3 Å². The average molecular weight is 529 g/mol. The maximum atomic E-state index is 4.68. The van der Waals surface area contributed by atoms with Gasteiger partial charge >= 0.3 is 0 Å². The Balaban J connectivity index is 1.29. The molecule has 0 aromatic carbocycles. The molecule has 202 valence electrons. The summed E-state index contributed by atoms with van der Waals surface area (Å²) in [5.74, 6) is 0.735. The number of allylic oxidation sites excluding steroid dienone is 6. The molecule has 2 aliphatic rings. The van der Waals surface area contributed by atoms with E-state index in [2.05, 4.69) is 86.1 Å². The Morgan fingerprint density at radius 2 is 2.02 bits per heavy atom. The zero-order valence-electron chi connectivity index (χ0n) is 23.1. The number of nitrogens with zero attached hydrogens (tertiary/aromatic N) is 3. The zero-order valence-corrected chi connectivity index (χ0v) is 23.1. The highest BCUT2D eigenvalue weighted by Crippen LogP contribution is 2.31. The molecule has 0 amide bonds. The summed E-state index contributed by atoms with van der Waals surface area (Å²) in [6, 6.07) is 6.31. The van der Waals surface area contributed by atoms with Crippen LogP contribution in [0.2, 0.25) is 0 Å². The van der Waals surface area contributed by atoms with Crippen molar-refractivity contribution in [3.05, 3.63) is 95.6 Å². The lowest BCUT2D eigenvalue weighted by atomic mass is 9.86. The van der Waals surface area contributed by atoms with Crippen LogP contribution in [0.3, 0.4) is 0 Å². The van der Waals surface area contributed by atoms with E-state index < -0.39 is 0 Å². The van der Waals surface area contributed by atoms with Crippen LogP contribution in [0, 0.1) is 5.92 Å². The van der Waals surface area contributed by atoms with Gasteiger partial charge in [-0.2, -0.15) is 5.10 Å². The van der Waals surface area contributed by atoms with Crippen molar-refractivity contribution in [3.63, 3.8) is 0 Å². The summed E-state index contributed by atoms with van der Waals surface area (Å²) in [6.45, 7) is 10.7. The van der Waals surface area contributed by atoms with Crippen LogP contribution in [-0.2, 0) is 0 Å². The molecule has 6 heteroatoms. The molecule has 40 heavy (non-hydrogen) atoms. The second-order valence-corrected chi connectivity index (χ2v) is 10.9. The monoisotopic (exact) mass is 528 g/mol. The van der Waals surface area contributed by atoms with E-state index in [9.17, 15) is 0 Å². The summed E-state index contributed by atoms with van der Waals surface area (Å²) in [6.07, 6.45) is 24.9. The summed E-state index contributed by atoms with van der Waals surface area (Å²) >= 11 is 0. The highest BCUT2D eigenvalue weighted by molar-refractivity contribution is 5.96. The molecular weight excluding hydrogens is 492 g/mol. The summed E-state index contributed by atoms with van der Waals surface area (Å²) in [5, 5.41) is 14.4. The molecule has 4 heterocycles. The average Bonchev–Trinajstić information content (AvgIpc) is 3.73. The number of aromatic amines is 2. The van der Waals surface area contributed by atoms with E-state index in [0.29, 0.717) is 0 Å². The van der Waals surface area contributed by atoms with Crippen molar-refractivity contribution in [2.75, 3.05) is 5.32 Å². The molecule has 4 aromatic heterocycles. The zero-order chi connectivity index (χ0) is 27.5. The molecule has 0 radical (unpaired) electrons. The van der Waals surface area contributed by atoms with E-state index >= 15 is 0 Å². The predicted molar refractivity (Wildman–Crippen MR) is 166 cm³/mol. The highest BCUT2D eigenvalue weighted by Gasteiger charge is 2.16. The molecule has 0 spiro atoms. The van der Waals surface area contributed by atoms with Crippen LogP contribution in [0.25, 0.3) is 45.7 Å². The van der Waals surface area contributed by atoms with Crippen molar-refractivity contribution in [3.8, 4) is 11.4 Å². The quantitative estimate of drug-likeness (QED) is 0.233. The standard InChI is InChI=1S/C34H36N6/c1-4-31-30(16-22(2)26-18-27(21-35-20-26)37-23(3)17-24-10-6-5-7-11-24)33(40-39-31)32-19-29-28(25-12-8-9-13-25)14-15-36-34(29)38-32/h4,8,12-16,18-21,24,37,39H,2-3,5-7,9-11,17H2,1H3,(H,36,38)/b30-16+,31-4+. The van der Waals surface area contributed by atoms with Crippen molar-refractivity contribution in [1.82, 2.24) is 25.1 Å². The molecule has 1 fully saturated rings. The molecular formula is C34H36N6. The first-order chi connectivity index (χ1) is 19.6. The Labute approximate surface area is 235 Å². The molecule has 3 N–H and O–H groups in total. The minimum atomic E-state index is 0.735. The number of pyridine rings is 2. The van der Waals surface area contributed by atoms with Gasteiger partial charge in [-0.25, -0.2) is 4.98 Å². The molecule has 6 rings (SSSR count). The molecule has 0 saturated heterocycles. The second kappa shape index (κ2) is 11.3. The lowest BCUT2D eigenvalue weighted by Gasteiger charge is -2.22. The largest absolute Gasteiger partial charge is 0.358 e. The smallest absolute Gasteiger partial charge is 0.138 e. The third kappa shape index (κ3) is 5.34. The molecule has 0 aliphatic heterocycles. The van der Waals surface area contributed by atoms with Crippen LogP contribution in [-0.4, -0.2) is 25.1 Å². The topological polar surface area (TPSA) is 82.3 Å². The van der Waals surface area contributed by atoms with Gasteiger partial charge in [-0.1, -0.05) is 69.6 Å². The van der Waals surface area contributed by atoms with Gasteiger partial charge in [0.2, 0.25) is 0 Å². The van der Waals surface area contributed by atoms with Crippen LogP contribution < -0.4 is 15.9 Å². The van der Waals surface area contributed by atoms with Gasteiger partial charge in [0.15, 0.2) is 0 Å². The van der Waals surface area contributed by atoms with Gasteiger partial charge in [0.05, 0.1) is 22.9 Å². The van der Waals surface area contributed by atoms with Crippen molar-refractivity contribution in [1.29, 1.82) is 0 Å². The van der Waals surface area contributed by atoms with E-state index in [1.54, 1.807) is 0 Å². The van der Waals surface area contributed by atoms with Crippen LogP contribution in [0.15, 0.2) is 73.9 Å². The summed E-state index contributed by atoms with van der Waals surface area (Å²) < 4.78 is 0. The fourth-order valence-electron chi connectivity index (χ4n) is 5.94. The molecule has 1 saturated carbocycles. The number of H-pyrrole nitrogens is 2. The van der Waals surface area contributed by atoms with Crippen molar-refractivity contribution in [2.24, 2.45) is 5.92 Å². The molecule has 0 unspecified atom stereocenters. The van der Waals surface area contributed by atoms with Crippen LogP contribution in [0.1, 0.15) is 63.0 Å². The van der Waals surface area contributed by atoms with E-state index in [4.69, 9.17) is 0 Å². The van der Waals surface area contributed by atoms with Gasteiger partial charge in [-0.3, -0.25) is 10.1 Å². The van der Waals surface area contributed by atoms with Gasteiger partial charge in [-0.15, -0.1) is 0 Å². The van der Waals surface area contributed by atoms with E-state index in [1.807, 2.05) is 31.6 Å². The number of aromatic nitrogens is 5. The number of hydrogen-bond donors (Lipinski definition) is 3. The van der Waals surface area contributed by atoms with Gasteiger partial charge < -0.3 is 10.3 Å². The Kier molecular flexibility index (Phi) is 7.32. The fraction of sp³-hybridized carbons (Fsp3) is 0.265. The molecule has 6 nitrogen and oxygen atoms in total. The SMILES string of the molecule is C=C(CC1CCCCC1)Nc1cncc(C(=C)/C=c2/c(-c3cc4c(C5=CCC=C5)ccnc4[nH]3)n[nH]/c2=C/C)c1. The highest BCUT2D eigenvalue weighted by atomic mass is 15.1. The molecule has 4 aromatic rings. The van der Waals surface area contributed by atoms with Crippen LogP contribution in [0.5, 0.6) is 0 Å².